The number of carbonyl (C=O) groups is 3. The maximum atomic E-state index is 13.0. The van der Waals surface area contributed by atoms with E-state index in [1.54, 1.807) is 23.9 Å². The summed E-state index contributed by atoms with van der Waals surface area (Å²) in [6.45, 7) is 5.89. The number of rotatable bonds is 5. The molecule has 178 valence electrons. The summed E-state index contributed by atoms with van der Waals surface area (Å²) in [5.74, 6) is -2.24. The van der Waals surface area contributed by atoms with Crippen LogP contribution < -0.4 is 0 Å². The van der Waals surface area contributed by atoms with E-state index in [0.717, 1.165) is 32.5 Å². The van der Waals surface area contributed by atoms with Crippen LogP contribution in [0.25, 0.3) is 0 Å². The smallest absolute Gasteiger partial charge is 0.475 e. The molecule has 2 atom stereocenters. The molecule has 0 saturated carbocycles. The quantitative estimate of drug-likeness (QED) is 0.733. The van der Waals surface area contributed by atoms with Crippen molar-refractivity contribution in [1.82, 2.24) is 14.7 Å². The molecule has 1 spiro atoms. The minimum Gasteiger partial charge on any atom is -0.475 e. The van der Waals surface area contributed by atoms with Gasteiger partial charge >= 0.3 is 12.1 Å². The summed E-state index contributed by atoms with van der Waals surface area (Å²) in [5, 5.41) is 7.12. The molecule has 2 aliphatic heterocycles. The summed E-state index contributed by atoms with van der Waals surface area (Å²) in [4.78, 5) is 39.7. The maximum Gasteiger partial charge on any atom is 0.490 e. The first-order valence-corrected chi connectivity index (χ1v) is 10.4. The fourth-order valence-corrected chi connectivity index (χ4v) is 4.20. The number of halogens is 3. The molecule has 0 aromatic heterocycles. The largest absolute Gasteiger partial charge is 0.490 e. The SMILES string of the molecule is C[C@@H]1CN(CCc2ccccc2)C[C@]12CCN(CC(=O)N(C)C)C2=O.O=C(O)C(F)(F)F. The van der Waals surface area contributed by atoms with E-state index in [-0.39, 0.29) is 23.8 Å². The number of carboxylic acid groups (broad SMARTS) is 1. The number of hydrogen-bond donors (Lipinski definition) is 1. The number of carbonyl (C=O) groups excluding carboxylic acids is 2. The lowest BCUT2D eigenvalue weighted by Crippen LogP contribution is -2.43. The van der Waals surface area contributed by atoms with Crippen LogP contribution in [-0.2, 0) is 20.8 Å². The molecule has 2 heterocycles. The van der Waals surface area contributed by atoms with E-state index in [1.807, 2.05) is 6.07 Å². The molecule has 0 aliphatic carbocycles. The van der Waals surface area contributed by atoms with E-state index in [0.29, 0.717) is 12.5 Å². The maximum absolute atomic E-state index is 13.0. The number of benzene rings is 1. The zero-order valence-corrected chi connectivity index (χ0v) is 18.6. The number of alkyl halides is 3. The zero-order valence-electron chi connectivity index (χ0n) is 18.6. The van der Waals surface area contributed by atoms with Gasteiger partial charge in [0.2, 0.25) is 11.8 Å². The van der Waals surface area contributed by atoms with Crippen molar-refractivity contribution in [2.24, 2.45) is 11.3 Å². The number of likely N-dealkylation sites (N-methyl/N-ethyl adjacent to an activating group) is 1. The fourth-order valence-electron chi connectivity index (χ4n) is 4.20. The number of hydrogen-bond acceptors (Lipinski definition) is 4. The molecule has 7 nitrogen and oxygen atoms in total. The van der Waals surface area contributed by atoms with E-state index in [4.69, 9.17) is 9.90 Å². The minimum atomic E-state index is -5.08. The van der Waals surface area contributed by atoms with E-state index in [9.17, 15) is 22.8 Å². The molecule has 2 fully saturated rings. The summed E-state index contributed by atoms with van der Waals surface area (Å²) in [6.07, 6.45) is -3.20. The van der Waals surface area contributed by atoms with Gasteiger partial charge in [-0.25, -0.2) is 4.79 Å². The Hall–Kier alpha value is -2.62. The number of likely N-dealkylation sites (tertiary alicyclic amines) is 2. The Labute approximate surface area is 185 Å². The van der Waals surface area contributed by atoms with Crippen LogP contribution in [0.4, 0.5) is 13.2 Å². The lowest BCUT2D eigenvalue weighted by Gasteiger charge is -2.27. The fraction of sp³-hybridized carbons (Fsp3) is 0.591. The molecule has 1 aromatic rings. The van der Waals surface area contributed by atoms with E-state index in [1.165, 1.54) is 5.56 Å². The minimum absolute atomic E-state index is 0.00279. The summed E-state index contributed by atoms with van der Waals surface area (Å²) in [5.41, 5.74) is 1.05. The van der Waals surface area contributed by atoms with Gasteiger partial charge in [0.15, 0.2) is 0 Å². The van der Waals surface area contributed by atoms with Crippen LogP contribution in [0.1, 0.15) is 18.9 Å². The van der Waals surface area contributed by atoms with Crippen molar-refractivity contribution in [3.05, 3.63) is 35.9 Å². The highest BCUT2D eigenvalue weighted by atomic mass is 19.4. The Morgan fingerprint density at radius 3 is 2.34 bits per heavy atom. The van der Waals surface area contributed by atoms with E-state index < -0.39 is 12.1 Å². The molecular formula is C22H30F3N3O4. The van der Waals surface area contributed by atoms with Gasteiger partial charge in [-0.15, -0.1) is 0 Å². The Morgan fingerprint density at radius 1 is 1.22 bits per heavy atom. The number of carboxylic acids is 1. The van der Waals surface area contributed by atoms with Gasteiger partial charge < -0.3 is 19.8 Å². The zero-order chi connectivity index (χ0) is 24.1. The summed E-state index contributed by atoms with van der Waals surface area (Å²) in [7, 11) is 3.48. The summed E-state index contributed by atoms with van der Waals surface area (Å²) < 4.78 is 31.7. The van der Waals surface area contributed by atoms with Crippen LogP contribution >= 0.6 is 0 Å². The molecule has 0 unspecified atom stereocenters. The lowest BCUT2D eigenvalue weighted by atomic mass is 9.78. The Bertz CT molecular complexity index is 816. The molecule has 1 N–H and O–H groups in total. The normalized spacial score (nSPS) is 23.2. The first-order chi connectivity index (χ1) is 14.9. The van der Waals surface area contributed by atoms with E-state index >= 15 is 0 Å². The first kappa shape index (κ1) is 25.6. The molecule has 0 bridgehead atoms. The molecule has 2 saturated heterocycles. The number of amides is 2. The van der Waals surface area contributed by atoms with Crippen molar-refractivity contribution >= 4 is 17.8 Å². The Kier molecular flexibility index (Phi) is 8.28. The van der Waals surface area contributed by atoms with Gasteiger partial charge in [-0.1, -0.05) is 37.3 Å². The topological polar surface area (TPSA) is 81.2 Å². The number of aliphatic carboxylic acids is 1. The third-order valence-corrected chi connectivity index (χ3v) is 6.15. The van der Waals surface area contributed by atoms with Crippen molar-refractivity contribution in [2.45, 2.75) is 25.9 Å². The van der Waals surface area contributed by atoms with E-state index in [2.05, 4.69) is 36.1 Å². The van der Waals surface area contributed by atoms with Crippen LogP contribution in [0, 0.1) is 11.3 Å². The van der Waals surface area contributed by atoms with Gasteiger partial charge in [0.25, 0.3) is 0 Å². The molecule has 3 rings (SSSR count). The van der Waals surface area contributed by atoms with Gasteiger partial charge in [0.1, 0.15) is 0 Å². The molecule has 1 aromatic carbocycles. The van der Waals surface area contributed by atoms with Crippen molar-refractivity contribution in [2.75, 3.05) is 46.8 Å². The van der Waals surface area contributed by atoms with Gasteiger partial charge in [0.05, 0.1) is 12.0 Å². The second kappa shape index (κ2) is 10.3. The third kappa shape index (κ3) is 6.21. The van der Waals surface area contributed by atoms with Gasteiger partial charge in [-0.2, -0.15) is 13.2 Å². The second-order valence-electron chi connectivity index (χ2n) is 8.60. The van der Waals surface area contributed by atoms with Crippen LogP contribution in [-0.4, -0.2) is 90.6 Å². The lowest BCUT2D eigenvalue weighted by molar-refractivity contribution is -0.192. The van der Waals surface area contributed by atoms with Crippen LogP contribution in [0.2, 0.25) is 0 Å². The Morgan fingerprint density at radius 2 is 1.81 bits per heavy atom. The average Bonchev–Trinajstić information content (AvgIpc) is 3.21. The van der Waals surface area contributed by atoms with Crippen molar-refractivity contribution in [3.63, 3.8) is 0 Å². The number of nitrogens with zero attached hydrogens (tertiary/aromatic N) is 3. The summed E-state index contributed by atoms with van der Waals surface area (Å²) in [6, 6.07) is 10.5. The van der Waals surface area contributed by atoms with Crippen molar-refractivity contribution in [1.29, 1.82) is 0 Å². The predicted molar refractivity (Wildman–Crippen MR) is 112 cm³/mol. The highest BCUT2D eigenvalue weighted by Crippen LogP contribution is 2.44. The molecule has 2 aliphatic rings. The molecule has 32 heavy (non-hydrogen) atoms. The highest BCUT2D eigenvalue weighted by Gasteiger charge is 2.54. The predicted octanol–water partition coefficient (Wildman–Crippen LogP) is 2.12. The van der Waals surface area contributed by atoms with Crippen LogP contribution in [0.15, 0.2) is 30.3 Å². The molecule has 10 heteroatoms. The van der Waals surface area contributed by atoms with Crippen LogP contribution in [0.5, 0.6) is 0 Å². The molecule has 0 radical (unpaired) electrons. The van der Waals surface area contributed by atoms with Crippen LogP contribution in [0.3, 0.4) is 0 Å². The second-order valence-corrected chi connectivity index (χ2v) is 8.60. The standard InChI is InChI=1S/C20H29N3O2.C2HF3O2/c1-16-13-22(11-9-17-7-5-4-6-8-17)15-20(16)10-12-23(19(20)25)14-18(24)21(2)3;3-2(4,5)1(6)7/h4-8,16H,9-15H2,1-3H3;(H,6,7)/t16-,20-;/m1./s1. The van der Waals surface area contributed by atoms with Gasteiger partial charge in [0, 0.05) is 40.3 Å². The van der Waals surface area contributed by atoms with Gasteiger partial charge in [-0.05, 0) is 24.3 Å². The Balaban J connectivity index is 0.000000451. The van der Waals surface area contributed by atoms with Gasteiger partial charge in [-0.3, -0.25) is 9.59 Å². The highest BCUT2D eigenvalue weighted by molar-refractivity contribution is 5.90. The third-order valence-electron chi connectivity index (χ3n) is 6.15. The van der Waals surface area contributed by atoms with Crippen molar-refractivity contribution < 1.29 is 32.7 Å². The molecular weight excluding hydrogens is 427 g/mol. The van der Waals surface area contributed by atoms with Crippen molar-refractivity contribution in [3.8, 4) is 0 Å². The first-order valence-electron chi connectivity index (χ1n) is 10.4. The monoisotopic (exact) mass is 457 g/mol. The molecule has 2 amide bonds. The summed E-state index contributed by atoms with van der Waals surface area (Å²) >= 11 is 0. The average molecular weight is 457 g/mol.